The van der Waals surface area contributed by atoms with Gasteiger partial charge in [-0.15, -0.1) is 0 Å². The van der Waals surface area contributed by atoms with E-state index in [9.17, 15) is 14.3 Å². The summed E-state index contributed by atoms with van der Waals surface area (Å²) in [6, 6.07) is 13.3. The van der Waals surface area contributed by atoms with Crippen molar-refractivity contribution in [1.82, 2.24) is 4.98 Å². The van der Waals surface area contributed by atoms with Crippen LogP contribution >= 0.6 is 0 Å². The van der Waals surface area contributed by atoms with Crippen LogP contribution in [-0.2, 0) is 5.60 Å². The Morgan fingerprint density at radius 1 is 1.05 bits per heavy atom. The largest absolute Gasteiger partial charge is 0.386 e. The molecule has 0 saturated carbocycles. The second kappa shape index (κ2) is 5.07. The highest BCUT2D eigenvalue weighted by Crippen LogP contribution is 2.25. The molecule has 4 heteroatoms. The predicted molar refractivity (Wildman–Crippen MR) is 85.2 cm³/mol. The zero-order valence-corrected chi connectivity index (χ0v) is 12.4. The third-order valence-electron chi connectivity index (χ3n) is 3.74. The Morgan fingerprint density at radius 3 is 2.36 bits per heavy atom. The van der Waals surface area contributed by atoms with Gasteiger partial charge in [0.25, 0.3) is 5.56 Å². The quantitative estimate of drug-likeness (QED) is 0.760. The molecule has 112 valence electrons. The van der Waals surface area contributed by atoms with Gasteiger partial charge in [0.2, 0.25) is 0 Å². The first-order chi connectivity index (χ1) is 10.4. The summed E-state index contributed by atoms with van der Waals surface area (Å²) in [6.45, 7) is 3.41. The lowest BCUT2D eigenvalue weighted by atomic mass is 9.96. The maximum absolute atomic E-state index is 13.9. The number of hydrogen-bond donors (Lipinski definition) is 2. The van der Waals surface area contributed by atoms with Gasteiger partial charge in [-0.3, -0.25) is 4.79 Å². The van der Waals surface area contributed by atoms with E-state index in [1.165, 1.54) is 12.1 Å². The van der Waals surface area contributed by atoms with Gasteiger partial charge in [0.05, 0.1) is 5.60 Å². The molecular weight excluding hydrogens is 281 g/mol. The molecule has 0 atom stereocenters. The van der Waals surface area contributed by atoms with Crippen LogP contribution in [0.4, 0.5) is 4.39 Å². The van der Waals surface area contributed by atoms with E-state index in [-0.39, 0.29) is 5.56 Å². The third-order valence-corrected chi connectivity index (χ3v) is 3.74. The van der Waals surface area contributed by atoms with E-state index in [1.54, 1.807) is 50.2 Å². The van der Waals surface area contributed by atoms with Crippen molar-refractivity contribution in [2.24, 2.45) is 0 Å². The van der Waals surface area contributed by atoms with E-state index in [2.05, 4.69) is 4.98 Å². The van der Waals surface area contributed by atoms with Crippen LogP contribution in [0.25, 0.3) is 22.0 Å². The first-order valence-corrected chi connectivity index (χ1v) is 7.01. The Balaban J connectivity index is 2.15. The van der Waals surface area contributed by atoms with Gasteiger partial charge in [0.15, 0.2) is 0 Å². The molecule has 0 unspecified atom stereocenters. The summed E-state index contributed by atoms with van der Waals surface area (Å²) in [4.78, 5) is 14.9. The summed E-state index contributed by atoms with van der Waals surface area (Å²) in [5, 5.41) is 10.6. The Morgan fingerprint density at radius 2 is 1.73 bits per heavy atom. The molecule has 0 fully saturated rings. The fraction of sp³-hybridized carbons (Fsp3) is 0.167. The molecule has 3 rings (SSSR count). The first-order valence-electron chi connectivity index (χ1n) is 7.01. The molecule has 22 heavy (non-hydrogen) atoms. The second-order valence-corrected chi connectivity index (χ2v) is 5.85. The minimum atomic E-state index is -0.929. The molecule has 1 aromatic heterocycles. The number of aromatic amines is 1. The van der Waals surface area contributed by atoms with Gasteiger partial charge >= 0.3 is 0 Å². The maximum Gasteiger partial charge on any atom is 0.256 e. The Labute approximate surface area is 127 Å². The normalized spacial score (nSPS) is 11.8. The summed E-state index contributed by atoms with van der Waals surface area (Å²) < 4.78 is 13.9. The van der Waals surface area contributed by atoms with E-state index in [1.807, 2.05) is 0 Å². The van der Waals surface area contributed by atoms with Gasteiger partial charge < -0.3 is 10.1 Å². The number of benzene rings is 2. The number of nitrogens with one attached hydrogen (secondary N) is 1. The van der Waals surface area contributed by atoms with Crippen molar-refractivity contribution in [3.63, 3.8) is 0 Å². The molecular formula is C18H16FNO2. The lowest BCUT2D eigenvalue weighted by molar-refractivity contribution is 0.0786. The van der Waals surface area contributed by atoms with Crippen molar-refractivity contribution >= 4 is 10.8 Å². The molecule has 0 bridgehead atoms. The molecule has 0 amide bonds. The summed E-state index contributed by atoms with van der Waals surface area (Å²) in [5.41, 5.74) is 0.825. The van der Waals surface area contributed by atoms with Gasteiger partial charge in [0, 0.05) is 16.5 Å². The summed E-state index contributed by atoms with van der Waals surface area (Å²) in [7, 11) is 0. The molecule has 2 N–H and O–H groups in total. The van der Waals surface area contributed by atoms with Crippen molar-refractivity contribution < 1.29 is 9.50 Å². The summed E-state index contributed by atoms with van der Waals surface area (Å²) in [6.07, 6.45) is 0. The number of hydrogen-bond acceptors (Lipinski definition) is 2. The van der Waals surface area contributed by atoms with Crippen molar-refractivity contribution in [1.29, 1.82) is 0 Å². The molecule has 0 saturated heterocycles. The zero-order chi connectivity index (χ0) is 15.9. The second-order valence-electron chi connectivity index (χ2n) is 5.85. The molecule has 0 spiro atoms. The van der Waals surface area contributed by atoms with Crippen LogP contribution in [0.2, 0.25) is 0 Å². The van der Waals surface area contributed by atoms with Gasteiger partial charge in [-0.1, -0.05) is 30.3 Å². The Bertz CT molecular complexity index is 890. The molecule has 0 aliphatic rings. The molecule has 1 heterocycles. The lowest BCUT2D eigenvalue weighted by Gasteiger charge is -2.17. The van der Waals surface area contributed by atoms with Crippen molar-refractivity contribution in [2.45, 2.75) is 19.4 Å². The lowest BCUT2D eigenvalue weighted by Crippen LogP contribution is -2.15. The topological polar surface area (TPSA) is 53.1 Å². The monoisotopic (exact) mass is 297 g/mol. The average molecular weight is 297 g/mol. The minimum Gasteiger partial charge on any atom is -0.386 e. The van der Waals surface area contributed by atoms with E-state index < -0.39 is 11.4 Å². The smallest absolute Gasteiger partial charge is 0.256 e. The fourth-order valence-corrected chi connectivity index (χ4v) is 2.46. The van der Waals surface area contributed by atoms with Crippen LogP contribution in [0.1, 0.15) is 19.4 Å². The summed E-state index contributed by atoms with van der Waals surface area (Å²) >= 11 is 0. The maximum atomic E-state index is 13.9. The van der Waals surface area contributed by atoms with Crippen LogP contribution < -0.4 is 5.56 Å². The highest BCUT2D eigenvalue weighted by molar-refractivity contribution is 5.85. The molecule has 0 aliphatic carbocycles. The van der Waals surface area contributed by atoms with E-state index in [0.29, 0.717) is 16.5 Å². The number of fused-ring (bicyclic) bond motifs is 1. The van der Waals surface area contributed by atoms with Crippen molar-refractivity contribution in [3.8, 4) is 11.3 Å². The minimum absolute atomic E-state index is 0.299. The predicted octanol–water partition coefficient (Wildman–Crippen LogP) is 3.56. The third kappa shape index (κ3) is 2.53. The molecule has 0 aliphatic heterocycles. The van der Waals surface area contributed by atoms with Crippen LogP contribution in [0.3, 0.4) is 0 Å². The fourth-order valence-electron chi connectivity index (χ4n) is 2.46. The van der Waals surface area contributed by atoms with Crippen LogP contribution in [0, 0.1) is 5.82 Å². The average Bonchev–Trinajstić information content (AvgIpc) is 2.47. The number of pyridine rings is 1. The Kier molecular flexibility index (Phi) is 3.34. The Hall–Kier alpha value is -2.46. The zero-order valence-electron chi connectivity index (χ0n) is 12.4. The van der Waals surface area contributed by atoms with Crippen molar-refractivity contribution in [3.05, 3.63) is 70.3 Å². The van der Waals surface area contributed by atoms with Gasteiger partial charge in [-0.05, 0) is 43.2 Å². The van der Waals surface area contributed by atoms with E-state index in [0.717, 1.165) is 11.1 Å². The summed E-state index contributed by atoms with van der Waals surface area (Å²) in [5.74, 6) is -0.419. The van der Waals surface area contributed by atoms with Crippen LogP contribution in [-0.4, -0.2) is 10.1 Å². The van der Waals surface area contributed by atoms with Gasteiger partial charge in [-0.25, -0.2) is 4.39 Å². The highest BCUT2D eigenvalue weighted by atomic mass is 19.1. The molecule has 3 nitrogen and oxygen atoms in total. The number of aliphatic hydroxyl groups is 1. The standard InChI is InChI=1S/C18H16FNO2/c1-18(2,22)12-8-6-11(7-9-12)16-10-14-13(17(21)20-16)4-3-5-15(14)19/h3-10,22H,1-2H3,(H,20,21). The van der Waals surface area contributed by atoms with E-state index in [4.69, 9.17) is 0 Å². The number of aromatic nitrogens is 1. The van der Waals surface area contributed by atoms with Crippen LogP contribution in [0.15, 0.2) is 53.3 Å². The SMILES string of the molecule is CC(C)(O)c1ccc(-c2cc3c(F)cccc3c(=O)[nH]2)cc1. The first kappa shape index (κ1) is 14.5. The molecule has 0 radical (unpaired) electrons. The van der Waals surface area contributed by atoms with Crippen molar-refractivity contribution in [2.75, 3.05) is 0 Å². The highest BCUT2D eigenvalue weighted by Gasteiger charge is 2.15. The molecule has 2 aromatic carbocycles. The van der Waals surface area contributed by atoms with Crippen LogP contribution in [0.5, 0.6) is 0 Å². The van der Waals surface area contributed by atoms with Gasteiger partial charge in [-0.2, -0.15) is 0 Å². The van der Waals surface area contributed by atoms with E-state index >= 15 is 0 Å². The van der Waals surface area contributed by atoms with Gasteiger partial charge in [0.1, 0.15) is 5.82 Å². The number of H-pyrrole nitrogens is 1. The number of halogens is 1. The number of rotatable bonds is 2. The molecule has 3 aromatic rings.